The van der Waals surface area contributed by atoms with E-state index in [1.165, 1.54) is 45.2 Å². The second-order valence-corrected chi connectivity index (χ2v) is 9.31. The molecular weight excluding hydrogens is 501 g/mol. The van der Waals surface area contributed by atoms with Crippen LogP contribution in [0.4, 0.5) is 5.69 Å². The maximum atomic E-state index is 12.4. The molecule has 1 amide bonds. The molecule has 0 bridgehead atoms. The van der Waals surface area contributed by atoms with Gasteiger partial charge in [-0.3, -0.25) is 14.7 Å². The number of hydrogen-bond acceptors (Lipinski definition) is 3. The normalized spacial score (nSPS) is 18.4. The molecule has 7 heteroatoms. The SMILES string of the molecule is CN=C(NCc1cccc(NC(=O)C2CCCC2)c1)NCC(C)(C)N1CCCCC1.I. The summed E-state index contributed by atoms with van der Waals surface area (Å²) < 4.78 is 0. The van der Waals surface area contributed by atoms with Gasteiger partial charge in [-0.2, -0.15) is 0 Å². The lowest BCUT2D eigenvalue weighted by atomic mass is 9.98. The average molecular weight is 542 g/mol. The van der Waals surface area contributed by atoms with Crippen LogP contribution in [0.1, 0.15) is 64.4 Å². The molecular formula is C24H40IN5O. The summed E-state index contributed by atoms with van der Waals surface area (Å²) in [5, 5.41) is 9.98. The van der Waals surface area contributed by atoms with Crippen molar-refractivity contribution in [3.05, 3.63) is 29.8 Å². The van der Waals surface area contributed by atoms with E-state index in [-0.39, 0.29) is 41.3 Å². The van der Waals surface area contributed by atoms with Crippen molar-refractivity contribution in [2.75, 3.05) is 32.0 Å². The molecule has 1 saturated carbocycles. The second kappa shape index (κ2) is 12.6. The number of anilines is 1. The highest BCUT2D eigenvalue weighted by Gasteiger charge is 2.28. The van der Waals surface area contributed by atoms with Gasteiger partial charge in [-0.25, -0.2) is 0 Å². The van der Waals surface area contributed by atoms with Crippen molar-refractivity contribution in [3.8, 4) is 0 Å². The molecule has 0 spiro atoms. The van der Waals surface area contributed by atoms with Crippen molar-refractivity contribution in [2.45, 2.75) is 70.9 Å². The van der Waals surface area contributed by atoms with Crippen molar-refractivity contribution >= 4 is 41.5 Å². The van der Waals surface area contributed by atoms with Gasteiger partial charge < -0.3 is 16.0 Å². The zero-order valence-corrected chi connectivity index (χ0v) is 21.7. The fourth-order valence-corrected chi connectivity index (χ4v) is 4.51. The second-order valence-electron chi connectivity index (χ2n) is 9.31. The number of piperidine rings is 1. The molecule has 3 rings (SSSR count). The molecule has 3 N–H and O–H groups in total. The van der Waals surface area contributed by atoms with Gasteiger partial charge in [0, 0.05) is 37.3 Å². The Labute approximate surface area is 205 Å². The number of hydrogen-bond donors (Lipinski definition) is 3. The molecule has 174 valence electrons. The van der Waals surface area contributed by atoms with Gasteiger partial charge in [-0.15, -0.1) is 24.0 Å². The molecule has 0 radical (unpaired) electrons. The number of likely N-dealkylation sites (tertiary alicyclic amines) is 1. The zero-order chi connectivity index (χ0) is 21.4. The van der Waals surface area contributed by atoms with Crippen LogP contribution < -0.4 is 16.0 Å². The summed E-state index contributed by atoms with van der Waals surface area (Å²) in [6.45, 7) is 8.48. The number of carbonyl (C=O) groups excluding carboxylic acids is 1. The third kappa shape index (κ3) is 7.93. The number of halogens is 1. The molecule has 2 aliphatic rings. The van der Waals surface area contributed by atoms with E-state index in [0.717, 1.165) is 36.6 Å². The predicted octanol–water partition coefficient (Wildman–Crippen LogP) is 4.36. The highest BCUT2D eigenvalue weighted by atomic mass is 127. The topological polar surface area (TPSA) is 68.8 Å². The molecule has 1 aromatic carbocycles. The quantitative estimate of drug-likeness (QED) is 0.273. The number of rotatable bonds is 7. The third-order valence-corrected chi connectivity index (χ3v) is 6.50. The van der Waals surface area contributed by atoms with E-state index in [0.29, 0.717) is 6.54 Å². The van der Waals surface area contributed by atoms with Crippen LogP contribution in [0.15, 0.2) is 29.3 Å². The number of benzene rings is 1. The van der Waals surface area contributed by atoms with Gasteiger partial charge in [-0.05, 0) is 70.3 Å². The van der Waals surface area contributed by atoms with Gasteiger partial charge in [0.05, 0.1) is 0 Å². The van der Waals surface area contributed by atoms with Crippen LogP contribution in [0.5, 0.6) is 0 Å². The van der Waals surface area contributed by atoms with Crippen LogP contribution in [0.2, 0.25) is 0 Å². The summed E-state index contributed by atoms with van der Waals surface area (Å²) in [6.07, 6.45) is 8.31. The highest BCUT2D eigenvalue weighted by Crippen LogP contribution is 2.26. The van der Waals surface area contributed by atoms with Gasteiger partial charge in [0.2, 0.25) is 5.91 Å². The molecule has 1 aromatic rings. The average Bonchev–Trinajstić information content (AvgIpc) is 3.30. The minimum Gasteiger partial charge on any atom is -0.355 e. The van der Waals surface area contributed by atoms with Crippen molar-refractivity contribution in [1.82, 2.24) is 15.5 Å². The summed E-state index contributed by atoms with van der Waals surface area (Å²) >= 11 is 0. The largest absolute Gasteiger partial charge is 0.355 e. The first-order valence-corrected chi connectivity index (χ1v) is 11.6. The van der Waals surface area contributed by atoms with Gasteiger partial charge in [0.1, 0.15) is 0 Å². The van der Waals surface area contributed by atoms with Gasteiger partial charge in [0.25, 0.3) is 0 Å². The highest BCUT2D eigenvalue weighted by molar-refractivity contribution is 14.0. The predicted molar refractivity (Wildman–Crippen MR) is 140 cm³/mol. The fraction of sp³-hybridized carbons (Fsp3) is 0.667. The Morgan fingerprint density at radius 2 is 1.81 bits per heavy atom. The Bertz CT molecular complexity index is 724. The molecule has 0 aromatic heterocycles. The van der Waals surface area contributed by atoms with Crippen LogP contribution in [0.3, 0.4) is 0 Å². The molecule has 2 fully saturated rings. The zero-order valence-electron chi connectivity index (χ0n) is 19.4. The first kappa shape index (κ1) is 25.9. The van der Waals surface area contributed by atoms with Gasteiger partial charge >= 0.3 is 0 Å². The van der Waals surface area contributed by atoms with Crippen LogP contribution in [0.25, 0.3) is 0 Å². The Hall–Kier alpha value is -1.35. The summed E-state index contributed by atoms with van der Waals surface area (Å²) in [5.41, 5.74) is 2.10. The third-order valence-electron chi connectivity index (χ3n) is 6.50. The minimum absolute atomic E-state index is 0. The molecule has 1 saturated heterocycles. The van der Waals surface area contributed by atoms with Gasteiger partial charge in [0.15, 0.2) is 5.96 Å². The van der Waals surface area contributed by atoms with E-state index in [9.17, 15) is 4.79 Å². The molecule has 0 unspecified atom stereocenters. The number of aliphatic imine (C=N–C) groups is 1. The summed E-state index contributed by atoms with van der Waals surface area (Å²) in [6, 6.07) is 8.08. The smallest absolute Gasteiger partial charge is 0.227 e. The number of nitrogens with zero attached hydrogens (tertiary/aromatic N) is 2. The summed E-state index contributed by atoms with van der Waals surface area (Å²) in [7, 11) is 1.81. The Kier molecular flexibility index (Phi) is 10.6. The molecule has 6 nitrogen and oxygen atoms in total. The Balaban J connectivity index is 0.00000341. The molecule has 1 aliphatic heterocycles. The van der Waals surface area contributed by atoms with Gasteiger partial charge in [-0.1, -0.05) is 31.4 Å². The van der Waals surface area contributed by atoms with Crippen LogP contribution in [-0.2, 0) is 11.3 Å². The van der Waals surface area contributed by atoms with E-state index >= 15 is 0 Å². The first-order chi connectivity index (χ1) is 14.5. The van der Waals surface area contributed by atoms with Crippen LogP contribution in [-0.4, -0.2) is 49.0 Å². The summed E-state index contributed by atoms with van der Waals surface area (Å²) in [5.74, 6) is 1.15. The van der Waals surface area contributed by atoms with E-state index in [1.807, 2.05) is 25.2 Å². The van der Waals surface area contributed by atoms with Crippen LogP contribution in [0, 0.1) is 5.92 Å². The standard InChI is InChI=1S/C24H39N5O.HI/c1-24(2,29-14-7-4-8-15-29)18-27-23(25-3)26-17-19-10-9-13-21(16-19)28-22(30)20-11-5-6-12-20;/h9-10,13,16,20H,4-8,11-12,14-15,17-18H2,1-3H3,(H,28,30)(H2,25,26,27);1H. The van der Waals surface area contributed by atoms with Crippen molar-refractivity contribution in [3.63, 3.8) is 0 Å². The summed E-state index contributed by atoms with van der Waals surface area (Å²) in [4.78, 5) is 19.3. The minimum atomic E-state index is 0. The number of carbonyl (C=O) groups is 1. The lowest BCUT2D eigenvalue weighted by Crippen LogP contribution is -2.54. The van der Waals surface area contributed by atoms with E-state index < -0.39 is 0 Å². The maximum absolute atomic E-state index is 12.4. The van der Waals surface area contributed by atoms with Crippen molar-refractivity contribution in [2.24, 2.45) is 10.9 Å². The van der Waals surface area contributed by atoms with Crippen LogP contribution >= 0.6 is 24.0 Å². The first-order valence-electron chi connectivity index (χ1n) is 11.6. The van der Waals surface area contributed by atoms with E-state index in [4.69, 9.17) is 0 Å². The molecule has 31 heavy (non-hydrogen) atoms. The lowest BCUT2D eigenvalue weighted by Gasteiger charge is -2.41. The Morgan fingerprint density at radius 1 is 1.10 bits per heavy atom. The van der Waals surface area contributed by atoms with Crippen molar-refractivity contribution < 1.29 is 4.79 Å². The molecule has 1 aliphatic carbocycles. The van der Waals surface area contributed by atoms with E-state index in [1.54, 1.807) is 0 Å². The number of guanidine groups is 1. The molecule has 0 atom stereocenters. The fourth-order valence-electron chi connectivity index (χ4n) is 4.51. The maximum Gasteiger partial charge on any atom is 0.227 e. The molecule has 1 heterocycles. The van der Waals surface area contributed by atoms with Crippen molar-refractivity contribution in [1.29, 1.82) is 0 Å². The number of amides is 1. The Morgan fingerprint density at radius 3 is 2.48 bits per heavy atom. The monoisotopic (exact) mass is 541 g/mol. The lowest BCUT2D eigenvalue weighted by molar-refractivity contribution is -0.119. The number of nitrogens with one attached hydrogen (secondary N) is 3. The van der Waals surface area contributed by atoms with E-state index in [2.05, 4.69) is 45.8 Å².